The van der Waals surface area contributed by atoms with E-state index in [1.807, 2.05) is 13.0 Å². The van der Waals surface area contributed by atoms with Crippen molar-refractivity contribution in [1.82, 2.24) is 0 Å². The van der Waals surface area contributed by atoms with E-state index in [2.05, 4.69) is 4.85 Å². The summed E-state index contributed by atoms with van der Waals surface area (Å²) in [4.78, 5) is 3.08. The zero-order valence-corrected chi connectivity index (χ0v) is 8.94. The van der Waals surface area contributed by atoms with Crippen LogP contribution in [0.1, 0.15) is 6.92 Å². The minimum atomic E-state index is 0.0564. The van der Waals surface area contributed by atoms with E-state index in [0.717, 1.165) is 0 Å². The summed E-state index contributed by atoms with van der Waals surface area (Å²) in [5.41, 5.74) is 0. The van der Waals surface area contributed by atoms with Crippen molar-refractivity contribution >= 4 is 0 Å². The number of nitriles is 1. The molecule has 0 amide bonds. The fourth-order valence-corrected chi connectivity index (χ4v) is 0.965. The molecule has 1 atom stereocenters. The van der Waals surface area contributed by atoms with Crippen LogP contribution in [0.5, 0.6) is 0 Å². The van der Waals surface area contributed by atoms with E-state index in [0.29, 0.717) is 26.4 Å². The van der Waals surface area contributed by atoms with Gasteiger partial charge in [-0.2, -0.15) is 5.26 Å². The van der Waals surface area contributed by atoms with Gasteiger partial charge >= 0.3 is 6.73 Å². The average Bonchev–Trinajstić information content (AvgIpc) is 2.25. The molecule has 0 fully saturated rings. The Balaban J connectivity index is 3.64. The molecule has 0 radical (unpaired) electrons. The van der Waals surface area contributed by atoms with Crippen LogP contribution in [0.3, 0.4) is 0 Å². The van der Waals surface area contributed by atoms with Crippen molar-refractivity contribution in [2.45, 2.75) is 6.92 Å². The monoisotopic (exact) mass is 212 g/mol. The normalized spacial score (nSPS) is 11.7. The summed E-state index contributed by atoms with van der Waals surface area (Å²) < 4.78 is 15.4. The number of hydrogen-bond acceptors (Lipinski definition) is 4. The molecule has 0 bridgehead atoms. The minimum absolute atomic E-state index is 0.0564. The molecule has 0 spiro atoms. The van der Waals surface area contributed by atoms with Crippen LogP contribution in [0.15, 0.2) is 0 Å². The van der Waals surface area contributed by atoms with Gasteiger partial charge in [-0.3, -0.25) is 4.85 Å². The van der Waals surface area contributed by atoms with E-state index < -0.39 is 0 Å². The molecule has 0 aliphatic heterocycles. The van der Waals surface area contributed by atoms with Crippen molar-refractivity contribution in [3.05, 3.63) is 11.4 Å². The highest BCUT2D eigenvalue weighted by Gasteiger charge is 2.10. The largest absolute Gasteiger partial charge is 0.381 e. The van der Waals surface area contributed by atoms with Gasteiger partial charge in [-0.05, 0) is 6.92 Å². The highest BCUT2D eigenvalue weighted by Crippen LogP contribution is 2.00. The van der Waals surface area contributed by atoms with Crippen LogP contribution in [0.4, 0.5) is 0 Å². The van der Waals surface area contributed by atoms with Crippen LogP contribution in [0.25, 0.3) is 4.85 Å². The number of rotatable bonds is 9. The van der Waals surface area contributed by atoms with Crippen molar-refractivity contribution in [3.8, 4) is 6.07 Å². The van der Waals surface area contributed by atoms with E-state index in [1.165, 1.54) is 0 Å². The molecule has 0 heterocycles. The summed E-state index contributed by atoms with van der Waals surface area (Å²) >= 11 is 0. The summed E-state index contributed by atoms with van der Waals surface area (Å²) in [7, 11) is 0. The molecule has 15 heavy (non-hydrogen) atoms. The first kappa shape index (κ1) is 13.9. The summed E-state index contributed by atoms with van der Waals surface area (Å²) in [5.74, 6) is 0.0834. The Morgan fingerprint density at radius 2 is 1.93 bits per heavy atom. The van der Waals surface area contributed by atoms with Gasteiger partial charge in [0.05, 0.1) is 25.9 Å². The fraction of sp³-hybridized carbons (Fsp3) is 0.800. The van der Waals surface area contributed by atoms with Gasteiger partial charge < -0.3 is 14.2 Å². The maximum Gasteiger partial charge on any atom is 0.318 e. The molecule has 5 heteroatoms. The second-order valence-corrected chi connectivity index (χ2v) is 2.86. The van der Waals surface area contributed by atoms with Crippen LogP contribution in [0, 0.1) is 23.8 Å². The molecule has 0 aliphatic rings. The molecule has 0 saturated carbocycles. The topological polar surface area (TPSA) is 55.8 Å². The van der Waals surface area contributed by atoms with Crippen LogP contribution >= 0.6 is 0 Å². The Bertz CT molecular complexity index is 200. The van der Waals surface area contributed by atoms with Crippen LogP contribution < -0.4 is 0 Å². The molecule has 0 saturated heterocycles. The van der Waals surface area contributed by atoms with Crippen LogP contribution in [0.2, 0.25) is 0 Å². The first-order chi connectivity index (χ1) is 7.35. The fourth-order valence-electron chi connectivity index (χ4n) is 0.965. The lowest BCUT2D eigenvalue weighted by Crippen LogP contribution is -2.22. The molecule has 1 unspecified atom stereocenters. The average molecular weight is 212 g/mol. The van der Waals surface area contributed by atoms with Crippen molar-refractivity contribution in [2.75, 3.05) is 39.8 Å². The first-order valence-electron chi connectivity index (χ1n) is 4.78. The molecule has 0 rings (SSSR count). The third kappa shape index (κ3) is 9.17. The van der Waals surface area contributed by atoms with E-state index in [4.69, 9.17) is 26.0 Å². The minimum Gasteiger partial charge on any atom is -0.381 e. The van der Waals surface area contributed by atoms with Gasteiger partial charge in [0.2, 0.25) is 0 Å². The maximum atomic E-state index is 8.29. The van der Waals surface area contributed by atoms with Crippen LogP contribution in [-0.4, -0.2) is 39.8 Å². The number of hydrogen-bond donors (Lipinski definition) is 0. The van der Waals surface area contributed by atoms with Gasteiger partial charge in [0.1, 0.15) is 6.61 Å². The highest BCUT2D eigenvalue weighted by atomic mass is 16.5. The van der Waals surface area contributed by atoms with Crippen molar-refractivity contribution in [1.29, 1.82) is 5.26 Å². The van der Waals surface area contributed by atoms with Crippen LogP contribution in [-0.2, 0) is 14.2 Å². The summed E-state index contributed by atoms with van der Waals surface area (Å²) in [6, 6.07) is 1.89. The molecule has 0 aromatic rings. The molecular formula is C10H16N2O3. The maximum absolute atomic E-state index is 8.29. The second-order valence-electron chi connectivity index (χ2n) is 2.86. The first-order valence-corrected chi connectivity index (χ1v) is 4.78. The zero-order valence-electron chi connectivity index (χ0n) is 8.94. The smallest absolute Gasteiger partial charge is 0.318 e. The van der Waals surface area contributed by atoms with Crippen molar-refractivity contribution in [2.24, 2.45) is 5.92 Å². The molecular weight excluding hydrogens is 196 g/mol. The van der Waals surface area contributed by atoms with E-state index in [-0.39, 0.29) is 19.3 Å². The predicted molar refractivity (Wildman–Crippen MR) is 53.8 cm³/mol. The van der Waals surface area contributed by atoms with E-state index in [1.54, 1.807) is 0 Å². The van der Waals surface area contributed by atoms with Crippen molar-refractivity contribution < 1.29 is 14.2 Å². The second kappa shape index (κ2) is 10.9. The lowest BCUT2D eigenvalue weighted by molar-refractivity contribution is 0.00886. The zero-order chi connectivity index (χ0) is 11.4. The summed E-state index contributed by atoms with van der Waals surface area (Å²) in [6.07, 6.45) is 0. The Morgan fingerprint density at radius 3 is 2.53 bits per heavy atom. The SMILES string of the molecule is [C-]#[N+]COCC(COCC)COCC#N. The Labute approximate surface area is 90.4 Å². The molecule has 0 aromatic heterocycles. The number of nitrogens with zero attached hydrogens (tertiary/aromatic N) is 2. The molecule has 0 aliphatic carbocycles. The lowest BCUT2D eigenvalue weighted by atomic mass is 10.2. The number of ether oxygens (including phenoxy) is 3. The summed E-state index contributed by atoms with van der Waals surface area (Å²) in [6.45, 7) is 10.6. The van der Waals surface area contributed by atoms with Gasteiger partial charge in [0, 0.05) is 12.5 Å². The standard InChI is InChI=1S/C10H16N2O3/c1-3-13-6-10(7-14-5-4-11)8-15-9-12-2/h10H,3,5-9H2,1H3. The van der Waals surface area contributed by atoms with E-state index >= 15 is 0 Å². The van der Waals surface area contributed by atoms with Crippen molar-refractivity contribution in [3.63, 3.8) is 0 Å². The van der Waals surface area contributed by atoms with Gasteiger partial charge in [0.25, 0.3) is 0 Å². The highest BCUT2D eigenvalue weighted by molar-refractivity contribution is 4.67. The van der Waals surface area contributed by atoms with Gasteiger partial charge in [-0.25, -0.2) is 6.57 Å². The van der Waals surface area contributed by atoms with Gasteiger partial charge in [-0.15, -0.1) is 0 Å². The predicted octanol–water partition coefficient (Wildman–Crippen LogP) is 1.07. The Morgan fingerprint density at radius 1 is 1.27 bits per heavy atom. The molecule has 0 aromatic carbocycles. The van der Waals surface area contributed by atoms with E-state index in [9.17, 15) is 0 Å². The molecule has 5 nitrogen and oxygen atoms in total. The Hall–Kier alpha value is -1.14. The van der Waals surface area contributed by atoms with Gasteiger partial charge in [0.15, 0.2) is 0 Å². The molecule has 0 N–H and O–H groups in total. The third-order valence-electron chi connectivity index (χ3n) is 1.59. The Kier molecular flexibility index (Phi) is 10.1. The quantitative estimate of drug-likeness (QED) is 0.424. The summed E-state index contributed by atoms with van der Waals surface area (Å²) in [5, 5.41) is 8.29. The molecule has 84 valence electrons. The van der Waals surface area contributed by atoms with Gasteiger partial charge in [-0.1, -0.05) is 0 Å². The lowest BCUT2D eigenvalue weighted by Gasteiger charge is -2.14. The third-order valence-corrected chi connectivity index (χ3v) is 1.59.